The lowest BCUT2D eigenvalue weighted by molar-refractivity contribution is -0.137. The largest absolute Gasteiger partial charge is 0.469 e. The molecule has 0 saturated heterocycles. The summed E-state index contributed by atoms with van der Waals surface area (Å²) >= 11 is 0. The summed E-state index contributed by atoms with van der Waals surface area (Å²) < 4.78 is 5.53. The molecule has 2 aromatic heterocycles. The van der Waals surface area contributed by atoms with E-state index >= 15 is 0 Å². The maximum absolute atomic E-state index is 13.2. The first-order valence-electron chi connectivity index (χ1n) is 12.1. The Balaban J connectivity index is 1.63. The normalized spacial score (nSPS) is 15.5. The number of anilines is 2. The Kier molecular flexibility index (Phi) is 7.08. The van der Waals surface area contributed by atoms with Crippen molar-refractivity contribution in [3.05, 3.63) is 77.5 Å². The number of aryl methyl sites for hydroxylation is 1. The summed E-state index contributed by atoms with van der Waals surface area (Å²) in [7, 11) is 1.76. The third kappa shape index (κ3) is 5.00. The van der Waals surface area contributed by atoms with E-state index in [9.17, 15) is 9.59 Å². The average molecular weight is 475 g/mol. The number of carbonyl (C=O) groups excluding carboxylic acids is 2. The number of fused-ring (bicyclic) bond motifs is 1. The Morgan fingerprint density at radius 3 is 2.49 bits per heavy atom. The van der Waals surface area contributed by atoms with Gasteiger partial charge >= 0.3 is 0 Å². The molecule has 4 rings (SSSR count). The quantitative estimate of drug-likeness (QED) is 0.447. The monoisotopic (exact) mass is 474 g/mol. The van der Waals surface area contributed by atoms with Crippen molar-refractivity contribution in [2.45, 2.75) is 47.2 Å². The number of pyridine rings is 1. The van der Waals surface area contributed by atoms with Gasteiger partial charge in [0, 0.05) is 51.2 Å². The van der Waals surface area contributed by atoms with Gasteiger partial charge in [-0.15, -0.1) is 0 Å². The Morgan fingerprint density at radius 2 is 1.83 bits per heavy atom. The number of hydrogen-bond acceptors (Lipinski definition) is 5. The van der Waals surface area contributed by atoms with Crippen molar-refractivity contribution in [3.8, 4) is 0 Å². The first-order valence-corrected chi connectivity index (χ1v) is 12.1. The van der Waals surface area contributed by atoms with Crippen molar-refractivity contribution in [1.82, 2.24) is 9.88 Å². The zero-order valence-corrected chi connectivity index (χ0v) is 21.2. The smallest absolute Gasteiger partial charge is 0.242 e. The predicted molar refractivity (Wildman–Crippen MR) is 137 cm³/mol. The van der Waals surface area contributed by atoms with Gasteiger partial charge in [0.2, 0.25) is 11.8 Å². The van der Waals surface area contributed by atoms with E-state index in [0.29, 0.717) is 13.1 Å². The summed E-state index contributed by atoms with van der Waals surface area (Å²) in [6.07, 6.45) is 6.29. The summed E-state index contributed by atoms with van der Waals surface area (Å²) in [5.74, 6) is 0.555. The highest BCUT2D eigenvalue weighted by Crippen LogP contribution is 2.39. The number of nitrogens with zero attached hydrogens (tertiary/aromatic N) is 4. The molecule has 2 amide bonds. The Bertz CT molecular complexity index is 1200. The summed E-state index contributed by atoms with van der Waals surface area (Å²) in [6, 6.07) is 12.1. The second-order valence-corrected chi connectivity index (χ2v) is 9.69. The molecule has 0 fully saturated rings. The van der Waals surface area contributed by atoms with E-state index in [-0.39, 0.29) is 11.8 Å². The van der Waals surface area contributed by atoms with Crippen molar-refractivity contribution in [3.63, 3.8) is 0 Å². The number of carbonyl (C=O) groups is 2. The van der Waals surface area contributed by atoms with Crippen LogP contribution in [0.15, 0.2) is 59.5 Å². The van der Waals surface area contributed by atoms with Crippen LogP contribution in [0.3, 0.4) is 0 Å². The highest BCUT2D eigenvalue weighted by atomic mass is 16.3. The van der Waals surface area contributed by atoms with Gasteiger partial charge in [0.1, 0.15) is 11.2 Å². The molecule has 184 valence electrons. The van der Waals surface area contributed by atoms with E-state index in [1.807, 2.05) is 44.3 Å². The molecular weight excluding hydrogens is 440 g/mol. The molecule has 3 heterocycles. The molecule has 1 aliphatic rings. The molecule has 1 aromatic carbocycles. The second-order valence-electron chi connectivity index (χ2n) is 9.69. The highest BCUT2D eigenvalue weighted by Gasteiger charge is 2.45. The number of aromatic nitrogens is 1. The number of rotatable bonds is 8. The maximum atomic E-state index is 13.2. The van der Waals surface area contributed by atoms with Crippen LogP contribution in [0, 0.1) is 12.3 Å². The van der Waals surface area contributed by atoms with Gasteiger partial charge in [-0.1, -0.05) is 12.1 Å². The second kappa shape index (κ2) is 10.0. The first kappa shape index (κ1) is 24.7. The van der Waals surface area contributed by atoms with Crippen LogP contribution < -0.4 is 9.80 Å². The molecule has 7 nitrogen and oxygen atoms in total. The molecule has 0 radical (unpaired) electrons. The number of furan rings is 1. The van der Waals surface area contributed by atoms with E-state index in [2.05, 4.69) is 22.0 Å². The first-order chi connectivity index (χ1) is 16.7. The lowest BCUT2D eigenvalue weighted by Crippen LogP contribution is -2.47. The minimum atomic E-state index is -1.11. The van der Waals surface area contributed by atoms with E-state index < -0.39 is 5.41 Å². The fraction of sp³-hybridized carbons (Fsp3) is 0.393. The Labute approximate surface area is 207 Å². The van der Waals surface area contributed by atoms with E-state index in [1.54, 1.807) is 43.2 Å². The zero-order valence-electron chi connectivity index (χ0n) is 21.2. The summed E-state index contributed by atoms with van der Waals surface area (Å²) in [5, 5.41) is 0. The van der Waals surface area contributed by atoms with Crippen molar-refractivity contribution < 1.29 is 14.0 Å². The molecule has 1 aliphatic heterocycles. The molecule has 3 aromatic rings. The molecule has 0 atom stereocenters. The van der Waals surface area contributed by atoms with Gasteiger partial charge in [0.05, 0.1) is 17.6 Å². The van der Waals surface area contributed by atoms with Crippen LogP contribution in [-0.4, -0.2) is 41.8 Å². The van der Waals surface area contributed by atoms with Crippen molar-refractivity contribution >= 4 is 23.2 Å². The highest BCUT2D eigenvalue weighted by molar-refractivity contribution is 6.19. The molecule has 0 N–H and O–H groups in total. The summed E-state index contributed by atoms with van der Waals surface area (Å²) in [6.45, 7) is 10.1. The SMILES string of the molecule is CCN1C(=O)C(C)(C)C(=O)N(C)c2cc(CN(CCc3cccnc3)Cc3ccoc3C)ccc21. The van der Waals surface area contributed by atoms with Gasteiger partial charge < -0.3 is 14.2 Å². The van der Waals surface area contributed by atoms with Crippen molar-refractivity contribution in [1.29, 1.82) is 0 Å². The number of amides is 2. The van der Waals surface area contributed by atoms with Gasteiger partial charge in [-0.25, -0.2) is 0 Å². The third-order valence-electron chi connectivity index (χ3n) is 6.83. The zero-order chi connectivity index (χ0) is 25.2. The average Bonchev–Trinajstić information content (AvgIpc) is 3.25. The standard InChI is InChI=1S/C28H34N4O3/c1-6-32-24-10-9-22(16-25(24)30(5)26(33)28(3,4)27(32)34)18-31(19-23-12-15-35-20(23)2)14-11-21-8-7-13-29-17-21/h7-10,12-13,15-17H,6,11,14,18-19H2,1-5H3. The summed E-state index contributed by atoms with van der Waals surface area (Å²) in [4.78, 5) is 36.3. The van der Waals surface area contributed by atoms with Crippen molar-refractivity contribution in [2.75, 3.05) is 29.9 Å². The van der Waals surface area contributed by atoms with Gasteiger partial charge in [-0.05, 0) is 69.5 Å². The van der Waals surface area contributed by atoms with E-state index in [0.717, 1.165) is 47.8 Å². The molecule has 0 aliphatic carbocycles. The number of hydrogen-bond donors (Lipinski definition) is 0. The van der Waals surface area contributed by atoms with Crippen LogP contribution >= 0.6 is 0 Å². The summed E-state index contributed by atoms with van der Waals surface area (Å²) in [5.41, 5.74) is 3.85. The van der Waals surface area contributed by atoms with E-state index in [4.69, 9.17) is 4.42 Å². The Hall–Kier alpha value is -3.45. The molecular formula is C28H34N4O3. The molecule has 0 bridgehead atoms. The van der Waals surface area contributed by atoms with Gasteiger partial charge in [-0.2, -0.15) is 0 Å². The third-order valence-corrected chi connectivity index (χ3v) is 6.83. The minimum Gasteiger partial charge on any atom is -0.469 e. The predicted octanol–water partition coefficient (Wildman–Crippen LogP) is 4.58. The van der Waals surface area contributed by atoms with Gasteiger partial charge in [0.25, 0.3) is 0 Å². The topological polar surface area (TPSA) is 69.9 Å². The van der Waals surface area contributed by atoms with Crippen LogP contribution in [0.25, 0.3) is 0 Å². The fourth-order valence-electron chi connectivity index (χ4n) is 4.67. The van der Waals surface area contributed by atoms with Crippen LogP contribution in [0.1, 0.15) is 43.2 Å². The molecule has 0 unspecified atom stereocenters. The lowest BCUT2D eigenvalue weighted by atomic mass is 9.90. The van der Waals surface area contributed by atoms with E-state index in [1.165, 1.54) is 5.56 Å². The minimum absolute atomic E-state index is 0.170. The molecule has 35 heavy (non-hydrogen) atoms. The van der Waals surface area contributed by atoms with Gasteiger partial charge in [-0.3, -0.25) is 19.5 Å². The maximum Gasteiger partial charge on any atom is 0.242 e. The van der Waals surface area contributed by atoms with Gasteiger partial charge in [0.15, 0.2) is 0 Å². The lowest BCUT2D eigenvalue weighted by Gasteiger charge is -2.27. The van der Waals surface area contributed by atoms with Crippen LogP contribution in [-0.2, 0) is 29.1 Å². The molecule has 0 saturated carbocycles. The van der Waals surface area contributed by atoms with Crippen molar-refractivity contribution in [2.24, 2.45) is 5.41 Å². The molecule has 0 spiro atoms. The number of benzene rings is 1. The molecule has 7 heteroatoms. The van der Waals surface area contributed by atoms with Crippen LogP contribution in [0.2, 0.25) is 0 Å². The Morgan fingerprint density at radius 1 is 1.03 bits per heavy atom. The fourth-order valence-corrected chi connectivity index (χ4v) is 4.67. The van der Waals surface area contributed by atoms with Crippen LogP contribution in [0.5, 0.6) is 0 Å². The van der Waals surface area contributed by atoms with Crippen LogP contribution in [0.4, 0.5) is 11.4 Å².